The van der Waals surface area contributed by atoms with Crippen LogP contribution in [-0.4, -0.2) is 127 Å². The molecule has 25 nitrogen and oxygen atoms in total. The zero-order valence-corrected chi connectivity index (χ0v) is 38.3. The zero-order chi connectivity index (χ0) is 50.3. The number of nitrogens with one attached hydrogen (secondary N) is 2. The number of non-ortho nitro benzene ring substituents is 2. The fraction of sp³-hybridized carbons (Fsp3) is 0.405. The summed E-state index contributed by atoms with van der Waals surface area (Å²) in [6.45, 7) is 3.47. The molecule has 4 fully saturated rings. The first-order chi connectivity index (χ1) is 32.5. The first-order valence-corrected chi connectivity index (χ1v) is 23.1. The molecule has 7 atom stereocenters. The Bertz CT molecular complexity index is 2720. The summed E-state index contributed by atoms with van der Waals surface area (Å²) in [5.41, 5.74) is 0.549. The number of hydrogen-bond donors (Lipinski definition) is 3. The molecular formula is C42H42N6O19S2. The lowest BCUT2D eigenvalue weighted by Gasteiger charge is -2.44. The summed E-state index contributed by atoms with van der Waals surface area (Å²) in [7, 11) is -4.12. The molecule has 0 radical (unpaired) electrons. The van der Waals surface area contributed by atoms with Crippen LogP contribution < -0.4 is 15.4 Å². The number of nitro benzene ring substituents is 2. The van der Waals surface area contributed by atoms with Gasteiger partial charge in [0.2, 0.25) is 24.5 Å². The molecule has 4 heterocycles. The van der Waals surface area contributed by atoms with Gasteiger partial charge >= 0.3 is 24.2 Å². The molecule has 27 heteroatoms. The Labute approximate surface area is 394 Å². The highest BCUT2D eigenvalue weighted by Crippen LogP contribution is 2.51. The molecule has 4 aliphatic heterocycles. The standard InChI is InChI=1S/C42H42N6O19S2/c1-41(2)30(37(53)63-18-21-5-11-24(12-6-21)47(57)58)45-34(52)29(35(45)68-41)43-32(50)28(44-39(55)64-19-22-7-13-25(14-8-22)48(59)60)23-9-15-26(16-10-23)67-40(56)66-20-65-38(54)31-42(3,4)69(61,62)36-27(17-49)33(51)46(31)36/h5-16,27-31,35-36,49H,17-20H2,1-4H3,(H,43,50)(H,44,55)/t27-,28?,29?,30+,31+,35-,36-/m1/s1. The molecule has 4 aliphatic rings. The van der Waals surface area contributed by atoms with Crippen LogP contribution in [0.15, 0.2) is 72.8 Å². The van der Waals surface area contributed by atoms with Gasteiger partial charge in [-0.1, -0.05) is 12.1 Å². The summed E-state index contributed by atoms with van der Waals surface area (Å²) in [5.74, 6) is -5.66. The maximum atomic E-state index is 14.0. The van der Waals surface area contributed by atoms with Crippen molar-refractivity contribution in [3.63, 3.8) is 0 Å². The van der Waals surface area contributed by atoms with Crippen LogP contribution in [0.4, 0.5) is 21.0 Å². The van der Waals surface area contributed by atoms with Crippen molar-refractivity contribution in [1.82, 2.24) is 20.4 Å². The molecule has 4 saturated heterocycles. The van der Waals surface area contributed by atoms with Crippen molar-refractivity contribution in [1.29, 1.82) is 0 Å². The van der Waals surface area contributed by atoms with Gasteiger partial charge in [-0.15, -0.1) is 11.8 Å². The van der Waals surface area contributed by atoms with Crippen molar-refractivity contribution in [2.45, 2.75) is 85.3 Å². The smallest absolute Gasteiger partial charge is 0.459 e. The van der Waals surface area contributed by atoms with Crippen molar-refractivity contribution in [3.8, 4) is 5.75 Å². The maximum absolute atomic E-state index is 14.0. The Morgan fingerprint density at radius 3 is 1.87 bits per heavy atom. The number of benzene rings is 3. The number of aliphatic hydroxyl groups is 1. The molecular weight excluding hydrogens is 957 g/mol. The van der Waals surface area contributed by atoms with Gasteiger partial charge in [-0.25, -0.2) is 27.6 Å². The third kappa shape index (κ3) is 9.43. The Morgan fingerprint density at radius 2 is 1.32 bits per heavy atom. The lowest BCUT2D eigenvalue weighted by molar-refractivity contribution is -0.385. The molecule has 0 bridgehead atoms. The SMILES string of the molecule is CC1(C)S[C@@H]2C(NC(=O)C(NC(=O)OCc3ccc([N+](=O)[O-])cc3)c3ccc(OC(=O)OCOC(=O)[C@@H]4N5C(=O)[C@@H](CO)[C@H]5S(=O)(=O)C4(C)C)cc3)C(=O)N2[C@H]1C(=O)OCc1ccc([N+](=O)[O-])cc1. The van der Waals surface area contributed by atoms with Gasteiger partial charge in [-0.3, -0.25) is 34.6 Å². The predicted molar refractivity (Wildman–Crippen MR) is 233 cm³/mol. The topological polar surface area (TPSA) is 337 Å². The summed E-state index contributed by atoms with van der Waals surface area (Å²) < 4.78 is 49.1. The van der Waals surface area contributed by atoms with Crippen LogP contribution in [0, 0.1) is 26.1 Å². The number of amides is 4. The fourth-order valence-electron chi connectivity index (χ4n) is 8.26. The van der Waals surface area contributed by atoms with E-state index in [4.69, 9.17) is 23.7 Å². The van der Waals surface area contributed by atoms with Gasteiger partial charge in [0, 0.05) is 29.0 Å². The maximum Gasteiger partial charge on any atom is 0.516 e. The molecule has 2 unspecified atom stereocenters. The average molecular weight is 999 g/mol. The molecule has 3 N–H and O–H groups in total. The van der Waals surface area contributed by atoms with Crippen LogP contribution in [0.3, 0.4) is 0 Å². The van der Waals surface area contributed by atoms with Crippen LogP contribution in [0.2, 0.25) is 0 Å². The minimum Gasteiger partial charge on any atom is -0.459 e. The minimum absolute atomic E-state index is 0.0709. The highest BCUT2D eigenvalue weighted by molar-refractivity contribution is 8.01. The Hall–Kier alpha value is -7.39. The number of carbonyl (C=O) groups excluding carboxylic acids is 7. The number of aliphatic hydroxyl groups excluding tert-OH is 1. The van der Waals surface area contributed by atoms with Crippen molar-refractivity contribution in [3.05, 3.63) is 110 Å². The van der Waals surface area contributed by atoms with Crippen LogP contribution in [0.25, 0.3) is 0 Å². The highest BCUT2D eigenvalue weighted by atomic mass is 32.2. The number of thioether (sulfide) groups is 1. The summed E-state index contributed by atoms with van der Waals surface area (Å²) in [6.07, 6.45) is -2.52. The first-order valence-electron chi connectivity index (χ1n) is 20.6. The number of nitro groups is 2. The van der Waals surface area contributed by atoms with Gasteiger partial charge in [0.15, 0.2) is 9.84 Å². The Morgan fingerprint density at radius 1 is 0.768 bits per heavy atom. The van der Waals surface area contributed by atoms with E-state index in [2.05, 4.69) is 10.6 Å². The third-order valence-electron chi connectivity index (χ3n) is 11.9. The van der Waals surface area contributed by atoms with E-state index < -0.39 is 125 Å². The minimum atomic E-state index is -4.12. The molecule has 4 amide bonds. The number of hydrogen-bond acceptors (Lipinski definition) is 20. The summed E-state index contributed by atoms with van der Waals surface area (Å²) >= 11 is 1.21. The normalized spacial score (nSPS) is 23.7. The largest absolute Gasteiger partial charge is 0.516 e. The molecule has 3 aromatic carbocycles. The van der Waals surface area contributed by atoms with Gasteiger partial charge < -0.3 is 49.2 Å². The molecule has 366 valence electrons. The van der Waals surface area contributed by atoms with Crippen molar-refractivity contribution < 1.29 is 80.6 Å². The molecule has 7 rings (SSSR count). The number of β-lactam (4-membered cyclic amide) rings is 2. The quantitative estimate of drug-likeness (QED) is 0.0352. The summed E-state index contributed by atoms with van der Waals surface area (Å²) in [4.78, 5) is 115. The number of carbonyl (C=O) groups is 7. The summed E-state index contributed by atoms with van der Waals surface area (Å²) in [5, 5.41) is 34.4. The van der Waals surface area contributed by atoms with Crippen molar-refractivity contribution >= 4 is 74.9 Å². The molecule has 0 saturated carbocycles. The zero-order valence-electron chi connectivity index (χ0n) is 36.7. The molecule has 3 aromatic rings. The fourth-order valence-corrected chi connectivity index (χ4v) is 12.2. The third-order valence-corrected chi connectivity index (χ3v) is 16.4. The van der Waals surface area contributed by atoms with Crippen molar-refractivity contribution in [2.24, 2.45) is 5.92 Å². The second kappa shape index (κ2) is 18.9. The Balaban J connectivity index is 0.987. The molecule has 0 aliphatic carbocycles. The van der Waals surface area contributed by atoms with Gasteiger partial charge in [0.1, 0.15) is 53.9 Å². The van der Waals surface area contributed by atoms with Gasteiger partial charge in [0.25, 0.3) is 11.4 Å². The lowest BCUT2D eigenvalue weighted by Crippen LogP contribution is -2.71. The monoisotopic (exact) mass is 998 g/mol. The van der Waals surface area contributed by atoms with E-state index in [1.807, 2.05) is 0 Å². The number of nitrogens with zero attached hydrogens (tertiary/aromatic N) is 4. The average Bonchev–Trinajstić information content (AvgIpc) is 3.64. The highest BCUT2D eigenvalue weighted by Gasteiger charge is 2.72. The van der Waals surface area contributed by atoms with E-state index >= 15 is 0 Å². The number of alkyl carbamates (subject to hydrolysis) is 1. The molecule has 0 spiro atoms. The number of esters is 2. The van der Waals surface area contributed by atoms with E-state index in [-0.39, 0.29) is 35.9 Å². The lowest BCUT2D eigenvalue weighted by atomic mass is 9.92. The molecule has 0 aromatic heterocycles. The van der Waals surface area contributed by atoms with E-state index in [0.29, 0.717) is 11.1 Å². The van der Waals surface area contributed by atoms with Crippen LogP contribution in [-0.2, 0) is 66.0 Å². The summed E-state index contributed by atoms with van der Waals surface area (Å²) in [6, 6.07) is 9.98. The number of sulfone groups is 1. The van der Waals surface area contributed by atoms with Crippen LogP contribution in [0.1, 0.15) is 50.4 Å². The van der Waals surface area contributed by atoms with E-state index in [1.165, 1.54) is 103 Å². The van der Waals surface area contributed by atoms with Crippen molar-refractivity contribution in [2.75, 3.05) is 13.4 Å². The van der Waals surface area contributed by atoms with E-state index in [0.717, 1.165) is 4.90 Å². The molecule has 69 heavy (non-hydrogen) atoms. The second-order valence-corrected chi connectivity index (χ2v) is 21.4. The predicted octanol–water partition coefficient (Wildman–Crippen LogP) is 2.13. The number of ether oxygens (including phenoxy) is 5. The number of rotatable bonds is 16. The van der Waals surface area contributed by atoms with Crippen LogP contribution >= 0.6 is 11.8 Å². The van der Waals surface area contributed by atoms with E-state index in [9.17, 15) is 67.3 Å². The number of fused-ring (bicyclic) bond motifs is 2. The first kappa shape index (κ1) is 49.5. The Kier molecular flexibility index (Phi) is 13.6. The van der Waals surface area contributed by atoms with E-state index in [1.54, 1.807) is 13.8 Å². The van der Waals surface area contributed by atoms with Gasteiger partial charge in [-0.05, 0) is 80.8 Å². The van der Waals surface area contributed by atoms with Gasteiger partial charge in [0.05, 0.1) is 27.1 Å². The van der Waals surface area contributed by atoms with Crippen LogP contribution in [0.5, 0.6) is 5.75 Å². The van der Waals surface area contributed by atoms with Gasteiger partial charge in [-0.2, -0.15) is 0 Å². The second-order valence-electron chi connectivity index (χ2n) is 17.0.